The van der Waals surface area contributed by atoms with Crippen LogP contribution in [0.15, 0.2) is 36.4 Å². The van der Waals surface area contributed by atoms with Crippen LogP contribution in [0.25, 0.3) is 0 Å². The van der Waals surface area contributed by atoms with Crippen molar-refractivity contribution in [3.63, 3.8) is 0 Å². The molecule has 3 heteroatoms. The molecule has 0 aromatic heterocycles. The Morgan fingerprint density at radius 2 is 1.89 bits per heavy atom. The normalized spacial score (nSPS) is 12.5. The van der Waals surface area contributed by atoms with Gasteiger partial charge in [-0.05, 0) is 77.7 Å². The van der Waals surface area contributed by atoms with E-state index in [0.29, 0.717) is 4.83 Å². The second-order valence-corrected chi connectivity index (χ2v) is 7.47. The van der Waals surface area contributed by atoms with E-state index in [1.54, 1.807) is 0 Å². The predicted octanol–water partition coefficient (Wildman–Crippen LogP) is 6.24. The van der Waals surface area contributed by atoms with E-state index in [4.69, 9.17) is 11.6 Å². The first-order valence-corrected chi connectivity index (χ1v) is 8.50. The van der Waals surface area contributed by atoms with Crippen LogP contribution in [0.2, 0.25) is 5.02 Å². The van der Waals surface area contributed by atoms with Gasteiger partial charge < -0.3 is 0 Å². The Hall–Kier alpha value is -0.0600. The summed E-state index contributed by atoms with van der Waals surface area (Å²) in [5.74, 6) is 0. The largest absolute Gasteiger partial charge is 0.0843 e. The fourth-order valence-corrected chi connectivity index (χ4v) is 4.13. The van der Waals surface area contributed by atoms with E-state index < -0.39 is 0 Å². The van der Waals surface area contributed by atoms with Crippen LogP contribution in [0.1, 0.15) is 27.1 Å². The molecule has 0 saturated heterocycles. The van der Waals surface area contributed by atoms with Crippen LogP contribution < -0.4 is 0 Å². The van der Waals surface area contributed by atoms with E-state index >= 15 is 0 Å². The second kappa shape index (κ2) is 6.59. The minimum atomic E-state index is 0.290. The lowest BCUT2D eigenvalue weighted by molar-refractivity contribution is 0.931. The maximum absolute atomic E-state index is 6.10. The molecule has 0 saturated carbocycles. The first kappa shape index (κ1) is 15.3. The highest BCUT2D eigenvalue weighted by Crippen LogP contribution is 2.33. The molecular formula is C16H15BrClI. The highest BCUT2D eigenvalue weighted by Gasteiger charge is 2.13. The number of alkyl halides is 1. The molecule has 1 unspecified atom stereocenters. The summed E-state index contributed by atoms with van der Waals surface area (Å²) < 4.78 is 1.24. The minimum Gasteiger partial charge on any atom is -0.0843 e. The van der Waals surface area contributed by atoms with Gasteiger partial charge >= 0.3 is 0 Å². The van der Waals surface area contributed by atoms with Gasteiger partial charge in [0.15, 0.2) is 0 Å². The number of benzene rings is 2. The summed E-state index contributed by atoms with van der Waals surface area (Å²) in [6.07, 6.45) is 0.976. The molecule has 0 N–H and O–H groups in total. The second-order valence-electron chi connectivity index (χ2n) is 4.77. The summed E-state index contributed by atoms with van der Waals surface area (Å²) in [4.78, 5) is 0.290. The van der Waals surface area contributed by atoms with E-state index in [9.17, 15) is 0 Å². The van der Waals surface area contributed by atoms with Crippen molar-refractivity contribution in [1.82, 2.24) is 0 Å². The molecule has 0 radical (unpaired) electrons. The highest BCUT2D eigenvalue weighted by atomic mass is 127. The first-order valence-electron chi connectivity index (χ1n) is 6.12. The number of hydrogen-bond donors (Lipinski definition) is 0. The lowest BCUT2D eigenvalue weighted by atomic mass is 9.99. The molecule has 2 rings (SSSR count). The Morgan fingerprint density at radius 3 is 2.63 bits per heavy atom. The molecule has 1 atom stereocenters. The van der Waals surface area contributed by atoms with E-state index in [1.165, 1.54) is 25.8 Å². The Balaban J connectivity index is 2.27. The number of aryl methyl sites for hydroxylation is 2. The van der Waals surface area contributed by atoms with Gasteiger partial charge in [-0.15, -0.1) is 0 Å². The molecule has 100 valence electrons. The molecule has 0 bridgehead atoms. The van der Waals surface area contributed by atoms with Gasteiger partial charge in [-0.2, -0.15) is 0 Å². The van der Waals surface area contributed by atoms with Crippen molar-refractivity contribution >= 4 is 50.1 Å². The molecule has 0 heterocycles. The molecule has 0 nitrogen and oxygen atoms in total. The Morgan fingerprint density at radius 1 is 1.16 bits per heavy atom. The third-order valence-electron chi connectivity index (χ3n) is 3.20. The summed E-state index contributed by atoms with van der Waals surface area (Å²) >= 11 is 12.3. The van der Waals surface area contributed by atoms with Crippen molar-refractivity contribution in [1.29, 1.82) is 0 Å². The van der Waals surface area contributed by atoms with Crippen molar-refractivity contribution in [2.75, 3.05) is 0 Å². The lowest BCUT2D eigenvalue weighted by Crippen LogP contribution is -2.00. The van der Waals surface area contributed by atoms with Gasteiger partial charge in [0.25, 0.3) is 0 Å². The summed E-state index contributed by atoms with van der Waals surface area (Å²) in [7, 11) is 0. The highest BCUT2D eigenvalue weighted by molar-refractivity contribution is 14.1. The molecule has 2 aromatic rings. The molecule has 0 aliphatic rings. The van der Waals surface area contributed by atoms with Gasteiger partial charge in [0, 0.05) is 13.4 Å². The van der Waals surface area contributed by atoms with Crippen molar-refractivity contribution in [3.8, 4) is 0 Å². The van der Waals surface area contributed by atoms with Gasteiger partial charge in [-0.25, -0.2) is 0 Å². The van der Waals surface area contributed by atoms with Gasteiger partial charge in [0.05, 0.1) is 0 Å². The van der Waals surface area contributed by atoms with E-state index in [1.807, 2.05) is 12.1 Å². The van der Waals surface area contributed by atoms with Crippen molar-refractivity contribution < 1.29 is 0 Å². The smallest absolute Gasteiger partial charge is 0.0446 e. The van der Waals surface area contributed by atoms with Crippen LogP contribution in [0.3, 0.4) is 0 Å². The summed E-state index contributed by atoms with van der Waals surface area (Å²) in [5, 5.41) is 0.792. The van der Waals surface area contributed by atoms with Crippen molar-refractivity contribution in [3.05, 3.63) is 67.2 Å². The SMILES string of the molecule is Cc1ccc(C)c(CC(Br)c2cc(Cl)ccc2I)c1. The van der Waals surface area contributed by atoms with Crippen LogP contribution in [0.4, 0.5) is 0 Å². The van der Waals surface area contributed by atoms with Crippen LogP contribution in [-0.2, 0) is 6.42 Å². The monoisotopic (exact) mass is 448 g/mol. The third kappa shape index (κ3) is 3.96. The van der Waals surface area contributed by atoms with Gasteiger partial charge in [-0.3, -0.25) is 0 Å². The molecule has 0 aliphatic carbocycles. The van der Waals surface area contributed by atoms with E-state index in [2.05, 4.69) is 76.6 Å². The standard InChI is InChI=1S/C16H15BrClI/c1-10-3-4-11(2)12(7-10)8-15(17)14-9-13(18)5-6-16(14)19/h3-7,9,15H,8H2,1-2H3. The molecule has 0 amide bonds. The molecule has 0 aliphatic heterocycles. The fraction of sp³-hybridized carbons (Fsp3) is 0.250. The lowest BCUT2D eigenvalue weighted by Gasteiger charge is -2.15. The topological polar surface area (TPSA) is 0 Å². The quantitative estimate of drug-likeness (QED) is 0.384. The zero-order chi connectivity index (χ0) is 14.0. The Labute approximate surface area is 141 Å². The molecule has 0 spiro atoms. The van der Waals surface area contributed by atoms with Crippen LogP contribution in [0.5, 0.6) is 0 Å². The van der Waals surface area contributed by atoms with Crippen LogP contribution in [0, 0.1) is 17.4 Å². The average Bonchev–Trinajstić information content (AvgIpc) is 2.36. The van der Waals surface area contributed by atoms with Crippen LogP contribution >= 0.6 is 50.1 Å². The predicted molar refractivity (Wildman–Crippen MR) is 95.5 cm³/mol. The Kier molecular flexibility index (Phi) is 5.32. The van der Waals surface area contributed by atoms with E-state index in [-0.39, 0.29) is 0 Å². The fourth-order valence-electron chi connectivity index (χ4n) is 2.08. The summed E-state index contributed by atoms with van der Waals surface area (Å²) in [6, 6.07) is 12.7. The number of halogens is 3. The number of rotatable bonds is 3. The zero-order valence-corrected chi connectivity index (χ0v) is 15.4. The number of hydrogen-bond acceptors (Lipinski definition) is 0. The Bertz CT molecular complexity index is 595. The summed E-state index contributed by atoms with van der Waals surface area (Å²) in [5.41, 5.74) is 5.29. The van der Waals surface area contributed by atoms with E-state index in [0.717, 1.165) is 11.4 Å². The summed E-state index contributed by atoms with van der Waals surface area (Å²) in [6.45, 7) is 4.30. The zero-order valence-electron chi connectivity index (χ0n) is 10.9. The average molecular weight is 450 g/mol. The van der Waals surface area contributed by atoms with Crippen molar-refractivity contribution in [2.24, 2.45) is 0 Å². The maximum Gasteiger partial charge on any atom is 0.0446 e. The van der Waals surface area contributed by atoms with Gasteiger partial charge in [0.2, 0.25) is 0 Å². The molecular weight excluding hydrogens is 434 g/mol. The molecule has 19 heavy (non-hydrogen) atoms. The van der Waals surface area contributed by atoms with Gasteiger partial charge in [0.1, 0.15) is 0 Å². The van der Waals surface area contributed by atoms with Crippen molar-refractivity contribution in [2.45, 2.75) is 25.1 Å². The molecule has 0 fully saturated rings. The third-order valence-corrected chi connectivity index (χ3v) is 5.23. The minimum absolute atomic E-state index is 0.290. The van der Waals surface area contributed by atoms with Crippen LogP contribution in [-0.4, -0.2) is 0 Å². The first-order chi connectivity index (χ1) is 8.97. The maximum atomic E-state index is 6.10. The van der Waals surface area contributed by atoms with Gasteiger partial charge in [-0.1, -0.05) is 51.3 Å². The molecule has 2 aromatic carbocycles.